The first-order valence-electron chi connectivity index (χ1n) is 5.38. The molecule has 0 saturated heterocycles. The molecule has 1 heterocycles. The lowest BCUT2D eigenvalue weighted by Crippen LogP contribution is -2.04. The van der Waals surface area contributed by atoms with Crippen molar-refractivity contribution in [2.45, 2.75) is 6.54 Å². The van der Waals surface area contributed by atoms with E-state index in [2.05, 4.69) is 26.2 Å². The number of anilines is 1. The predicted molar refractivity (Wildman–Crippen MR) is 74.0 cm³/mol. The number of halogens is 1. The van der Waals surface area contributed by atoms with E-state index in [1.54, 1.807) is 18.2 Å². The maximum atomic E-state index is 10.8. The fraction of sp³-hybridized carbons (Fsp3) is 0.0833. The maximum Gasteiger partial charge on any atom is 0.311 e. The SMILES string of the molecule is O=[N+]([O-])c1cccnc1NCc1ccc(O)c(Br)c1. The van der Waals surface area contributed by atoms with E-state index in [1.807, 2.05) is 0 Å². The Kier molecular flexibility index (Phi) is 3.96. The van der Waals surface area contributed by atoms with Gasteiger partial charge in [-0.2, -0.15) is 0 Å². The topological polar surface area (TPSA) is 88.3 Å². The van der Waals surface area contributed by atoms with Crippen LogP contribution in [0.4, 0.5) is 11.5 Å². The van der Waals surface area contributed by atoms with Crippen LogP contribution in [-0.2, 0) is 6.54 Å². The fourth-order valence-electron chi connectivity index (χ4n) is 1.53. The largest absolute Gasteiger partial charge is 0.507 e. The summed E-state index contributed by atoms with van der Waals surface area (Å²) in [5.41, 5.74) is 0.796. The third-order valence-electron chi connectivity index (χ3n) is 2.46. The number of aromatic nitrogens is 1. The minimum absolute atomic E-state index is 0.0691. The van der Waals surface area contributed by atoms with Crippen molar-refractivity contribution in [2.24, 2.45) is 0 Å². The first-order chi connectivity index (χ1) is 9.08. The van der Waals surface area contributed by atoms with Crippen molar-refractivity contribution in [3.8, 4) is 5.75 Å². The first-order valence-corrected chi connectivity index (χ1v) is 6.18. The highest BCUT2D eigenvalue weighted by Crippen LogP contribution is 2.25. The Morgan fingerprint density at radius 3 is 2.89 bits per heavy atom. The number of phenols is 1. The molecule has 2 N–H and O–H groups in total. The Hall–Kier alpha value is -2.15. The number of pyridine rings is 1. The molecule has 0 spiro atoms. The van der Waals surface area contributed by atoms with E-state index in [0.717, 1.165) is 5.56 Å². The van der Waals surface area contributed by atoms with Gasteiger partial charge in [-0.15, -0.1) is 0 Å². The van der Waals surface area contributed by atoms with Gasteiger partial charge in [0.15, 0.2) is 0 Å². The van der Waals surface area contributed by atoms with E-state index in [9.17, 15) is 15.2 Å². The standard InChI is InChI=1S/C12H10BrN3O3/c13-9-6-8(3-4-11(9)17)7-15-12-10(16(18)19)2-1-5-14-12/h1-6,17H,7H2,(H,14,15). The normalized spacial score (nSPS) is 10.2. The van der Waals surface area contributed by atoms with Crippen LogP contribution in [-0.4, -0.2) is 15.0 Å². The summed E-state index contributed by atoms with van der Waals surface area (Å²) < 4.78 is 0.572. The molecule has 98 valence electrons. The van der Waals surface area contributed by atoms with Crippen LogP contribution < -0.4 is 5.32 Å². The number of nitrogens with one attached hydrogen (secondary N) is 1. The van der Waals surface area contributed by atoms with Crippen LogP contribution >= 0.6 is 15.9 Å². The van der Waals surface area contributed by atoms with Gasteiger partial charge in [0.2, 0.25) is 5.82 Å². The molecule has 1 aromatic heterocycles. The minimum Gasteiger partial charge on any atom is -0.507 e. The van der Waals surface area contributed by atoms with E-state index in [4.69, 9.17) is 0 Å². The van der Waals surface area contributed by atoms with Gasteiger partial charge in [-0.3, -0.25) is 10.1 Å². The Labute approximate surface area is 117 Å². The van der Waals surface area contributed by atoms with Crippen molar-refractivity contribution in [2.75, 3.05) is 5.32 Å². The van der Waals surface area contributed by atoms with E-state index >= 15 is 0 Å². The summed E-state index contributed by atoms with van der Waals surface area (Å²) in [6, 6.07) is 7.91. The van der Waals surface area contributed by atoms with E-state index < -0.39 is 4.92 Å². The molecule has 0 atom stereocenters. The molecule has 2 aromatic rings. The average molecular weight is 324 g/mol. The first kappa shape index (κ1) is 13.3. The highest BCUT2D eigenvalue weighted by molar-refractivity contribution is 9.10. The van der Waals surface area contributed by atoms with Crippen LogP contribution in [0.1, 0.15) is 5.56 Å². The Morgan fingerprint density at radius 2 is 2.21 bits per heavy atom. The summed E-state index contributed by atoms with van der Waals surface area (Å²) in [6.45, 7) is 0.372. The van der Waals surface area contributed by atoms with Crippen molar-refractivity contribution in [3.05, 3.63) is 56.7 Å². The zero-order valence-electron chi connectivity index (χ0n) is 9.71. The molecule has 0 aliphatic heterocycles. The summed E-state index contributed by atoms with van der Waals surface area (Å²) in [5.74, 6) is 0.365. The summed E-state index contributed by atoms with van der Waals surface area (Å²) in [4.78, 5) is 14.3. The molecule has 0 unspecified atom stereocenters. The number of nitrogens with zero attached hydrogens (tertiary/aromatic N) is 2. The van der Waals surface area contributed by atoms with Gasteiger partial charge >= 0.3 is 5.69 Å². The highest BCUT2D eigenvalue weighted by Gasteiger charge is 2.13. The van der Waals surface area contributed by atoms with Crippen LogP contribution in [0.25, 0.3) is 0 Å². The van der Waals surface area contributed by atoms with E-state index in [1.165, 1.54) is 18.3 Å². The van der Waals surface area contributed by atoms with Crippen molar-refractivity contribution in [3.63, 3.8) is 0 Å². The number of hydrogen-bond acceptors (Lipinski definition) is 5. The smallest absolute Gasteiger partial charge is 0.311 e. The summed E-state index contributed by atoms with van der Waals surface area (Å²) in [5, 5.41) is 23.1. The number of rotatable bonds is 4. The molecule has 0 amide bonds. The second-order valence-corrected chi connectivity index (χ2v) is 4.62. The lowest BCUT2D eigenvalue weighted by Gasteiger charge is -2.07. The molecule has 0 saturated carbocycles. The van der Waals surface area contributed by atoms with Crippen LogP contribution in [0.2, 0.25) is 0 Å². The van der Waals surface area contributed by atoms with Crippen molar-refractivity contribution in [1.29, 1.82) is 0 Å². The van der Waals surface area contributed by atoms with Gasteiger partial charge in [0, 0.05) is 18.8 Å². The van der Waals surface area contributed by atoms with Gasteiger partial charge in [0.05, 0.1) is 9.40 Å². The quantitative estimate of drug-likeness (QED) is 0.666. The fourth-order valence-corrected chi connectivity index (χ4v) is 1.95. The van der Waals surface area contributed by atoms with Gasteiger partial charge in [-0.05, 0) is 39.7 Å². The molecule has 0 radical (unpaired) electrons. The van der Waals surface area contributed by atoms with Gasteiger partial charge < -0.3 is 10.4 Å². The second-order valence-electron chi connectivity index (χ2n) is 3.77. The molecule has 19 heavy (non-hydrogen) atoms. The van der Waals surface area contributed by atoms with Crippen molar-refractivity contribution in [1.82, 2.24) is 4.98 Å². The third kappa shape index (κ3) is 3.19. The predicted octanol–water partition coefficient (Wildman–Crippen LogP) is 3.07. The van der Waals surface area contributed by atoms with Crippen LogP contribution in [0.5, 0.6) is 5.75 Å². The summed E-state index contributed by atoms with van der Waals surface area (Å²) in [7, 11) is 0. The molecule has 0 aliphatic rings. The molecule has 0 bridgehead atoms. The van der Waals surface area contributed by atoms with Crippen molar-refractivity contribution < 1.29 is 10.0 Å². The molecule has 6 nitrogen and oxygen atoms in total. The molecular formula is C12H10BrN3O3. The summed E-state index contributed by atoms with van der Waals surface area (Å²) >= 11 is 3.21. The Bertz CT molecular complexity index is 619. The third-order valence-corrected chi connectivity index (χ3v) is 3.09. The van der Waals surface area contributed by atoms with Gasteiger partial charge in [-0.25, -0.2) is 4.98 Å². The lowest BCUT2D eigenvalue weighted by atomic mass is 10.2. The van der Waals surface area contributed by atoms with Crippen LogP contribution in [0.15, 0.2) is 41.0 Å². The van der Waals surface area contributed by atoms with Crippen LogP contribution in [0, 0.1) is 10.1 Å². The van der Waals surface area contributed by atoms with Gasteiger partial charge in [0.1, 0.15) is 5.75 Å². The number of phenolic OH excluding ortho intramolecular Hbond substituents is 1. The van der Waals surface area contributed by atoms with Gasteiger partial charge in [0.25, 0.3) is 0 Å². The lowest BCUT2D eigenvalue weighted by molar-refractivity contribution is -0.384. The second kappa shape index (κ2) is 5.66. The zero-order chi connectivity index (χ0) is 13.8. The molecular weight excluding hydrogens is 314 g/mol. The summed E-state index contributed by atoms with van der Waals surface area (Å²) in [6.07, 6.45) is 1.49. The maximum absolute atomic E-state index is 10.8. The van der Waals surface area contributed by atoms with Gasteiger partial charge in [-0.1, -0.05) is 6.07 Å². The highest BCUT2D eigenvalue weighted by atomic mass is 79.9. The van der Waals surface area contributed by atoms with E-state index in [-0.39, 0.29) is 17.3 Å². The van der Waals surface area contributed by atoms with Crippen LogP contribution in [0.3, 0.4) is 0 Å². The molecule has 2 rings (SSSR count). The average Bonchev–Trinajstić information content (AvgIpc) is 2.40. The number of aromatic hydroxyl groups is 1. The number of hydrogen-bond donors (Lipinski definition) is 2. The molecule has 7 heteroatoms. The van der Waals surface area contributed by atoms with Crippen molar-refractivity contribution >= 4 is 27.4 Å². The number of nitro groups is 1. The minimum atomic E-state index is -0.484. The molecule has 0 aliphatic carbocycles. The monoisotopic (exact) mass is 323 g/mol. The zero-order valence-corrected chi connectivity index (χ0v) is 11.3. The molecule has 0 fully saturated rings. The number of benzene rings is 1. The van der Waals surface area contributed by atoms with E-state index in [0.29, 0.717) is 11.0 Å². The Morgan fingerprint density at radius 1 is 1.42 bits per heavy atom. The Balaban J connectivity index is 2.14. The molecule has 1 aromatic carbocycles.